The number of benzene rings is 1. The van der Waals surface area contributed by atoms with E-state index in [9.17, 15) is 14.4 Å². The molecular formula is C31H46O6S4. The van der Waals surface area contributed by atoms with Crippen molar-refractivity contribution in [2.24, 2.45) is 5.41 Å². The Morgan fingerprint density at radius 1 is 0.707 bits per heavy atom. The van der Waals surface area contributed by atoms with E-state index >= 15 is 0 Å². The number of rotatable bonds is 20. The third-order valence-corrected chi connectivity index (χ3v) is 13.2. The zero-order valence-electron chi connectivity index (χ0n) is 24.4. The molecule has 0 saturated carbocycles. The predicted octanol–water partition coefficient (Wildman–Crippen LogP) is 8.07. The van der Waals surface area contributed by atoms with Crippen molar-refractivity contribution in [3.05, 3.63) is 35.9 Å². The van der Waals surface area contributed by atoms with Gasteiger partial charge in [-0.1, -0.05) is 86.3 Å². The van der Waals surface area contributed by atoms with E-state index in [1.807, 2.05) is 80.4 Å². The molecular weight excluding hydrogens is 597 g/mol. The first-order valence-corrected chi connectivity index (χ1v) is 19.8. The molecule has 230 valence electrons. The molecule has 3 rings (SSSR count). The third-order valence-electron chi connectivity index (χ3n) is 7.20. The first-order chi connectivity index (χ1) is 19.9. The lowest BCUT2D eigenvalue weighted by atomic mass is 9.94. The van der Waals surface area contributed by atoms with Crippen LogP contribution in [-0.2, 0) is 35.0 Å². The highest BCUT2D eigenvalue weighted by Crippen LogP contribution is 2.40. The normalized spacial score (nSPS) is 19.9. The number of esters is 3. The molecule has 41 heavy (non-hydrogen) atoms. The first-order valence-electron chi connectivity index (χ1n) is 15.0. The van der Waals surface area contributed by atoms with Crippen LogP contribution in [0.1, 0.15) is 89.5 Å². The summed E-state index contributed by atoms with van der Waals surface area (Å²) in [6.07, 6.45) is 11.0. The van der Waals surface area contributed by atoms with Crippen LogP contribution >= 0.6 is 43.2 Å². The molecule has 6 nitrogen and oxygen atoms in total. The lowest BCUT2D eigenvalue weighted by Gasteiger charge is -2.28. The Bertz CT molecular complexity index is 863. The summed E-state index contributed by atoms with van der Waals surface area (Å²) >= 11 is 0. The average Bonchev–Trinajstić information content (AvgIpc) is 3.70. The molecule has 2 fully saturated rings. The summed E-state index contributed by atoms with van der Waals surface area (Å²) in [5.41, 5.74) is 0.390. The van der Waals surface area contributed by atoms with Crippen LogP contribution in [0.2, 0.25) is 0 Å². The third kappa shape index (κ3) is 15.4. The van der Waals surface area contributed by atoms with Gasteiger partial charge in [0.25, 0.3) is 0 Å². The molecule has 0 N–H and O–H groups in total. The van der Waals surface area contributed by atoms with Crippen LogP contribution in [-0.4, -0.2) is 59.7 Å². The highest BCUT2D eigenvalue weighted by Gasteiger charge is 2.31. The van der Waals surface area contributed by atoms with Crippen LogP contribution in [0, 0.1) is 5.41 Å². The number of ether oxygens (including phenoxy) is 3. The first kappa shape index (κ1) is 34.5. The van der Waals surface area contributed by atoms with E-state index in [1.165, 1.54) is 29.9 Å². The molecule has 2 atom stereocenters. The highest BCUT2D eigenvalue weighted by molar-refractivity contribution is 8.77. The van der Waals surface area contributed by atoms with Crippen LogP contribution in [0.4, 0.5) is 0 Å². The monoisotopic (exact) mass is 642 g/mol. The van der Waals surface area contributed by atoms with Crippen LogP contribution in [0.5, 0.6) is 0 Å². The molecule has 2 aliphatic rings. The largest absolute Gasteiger partial charge is 0.465 e. The van der Waals surface area contributed by atoms with Crippen molar-refractivity contribution in [1.29, 1.82) is 0 Å². The van der Waals surface area contributed by atoms with Gasteiger partial charge in [-0.2, -0.15) is 0 Å². The van der Waals surface area contributed by atoms with Crippen molar-refractivity contribution in [2.75, 3.05) is 31.3 Å². The summed E-state index contributed by atoms with van der Waals surface area (Å²) in [6, 6.07) is 10.0. The van der Waals surface area contributed by atoms with E-state index in [0.29, 0.717) is 36.2 Å². The minimum atomic E-state index is -0.796. The Labute approximate surface area is 262 Å². The van der Waals surface area contributed by atoms with Gasteiger partial charge in [0, 0.05) is 41.3 Å². The summed E-state index contributed by atoms with van der Waals surface area (Å²) in [7, 11) is 7.79. The van der Waals surface area contributed by atoms with Crippen molar-refractivity contribution in [2.45, 2.75) is 101 Å². The van der Waals surface area contributed by atoms with Gasteiger partial charge in [0.2, 0.25) is 0 Å². The molecule has 10 heteroatoms. The molecule has 0 bridgehead atoms. The van der Waals surface area contributed by atoms with Crippen molar-refractivity contribution >= 4 is 61.1 Å². The van der Waals surface area contributed by atoms with E-state index < -0.39 is 5.41 Å². The minimum Gasteiger partial charge on any atom is -0.465 e. The zero-order valence-corrected chi connectivity index (χ0v) is 27.6. The molecule has 2 aliphatic heterocycles. The second kappa shape index (κ2) is 20.1. The van der Waals surface area contributed by atoms with Gasteiger partial charge in [-0.05, 0) is 63.9 Å². The van der Waals surface area contributed by atoms with Gasteiger partial charge < -0.3 is 14.2 Å². The fourth-order valence-corrected chi connectivity index (χ4v) is 10.7. The number of hydrogen-bond donors (Lipinski definition) is 0. The van der Waals surface area contributed by atoms with Crippen molar-refractivity contribution in [3.63, 3.8) is 0 Å². The van der Waals surface area contributed by atoms with E-state index in [-0.39, 0.29) is 37.7 Å². The number of hydrogen-bond acceptors (Lipinski definition) is 10. The standard InChI is InChI=1S/C31H46O6S4/c1-31(22-35-28(32)15-7-5-13-26-18-20-38-40-26,23-36-29(33)16-8-6-14-27-19-21-39-41-27)24-37-30(34)17-9-12-25-10-3-2-4-11-25/h2-4,10-11,26-27H,5-9,12-24H2,1H3. The molecule has 0 spiro atoms. The molecule has 2 heterocycles. The van der Waals surface area contributed by atoms with Gasteiger partial charge >= 0.3 is 17.9 Å². The number of unbranched alkanes of at least 4 members (excludes halogenated alkanes) is 2. The van der Waals surface area contributed by atoms with Crippen molar-refractivity contribution < 1.29 is 28.6 Å². The Kier molecular flexibility index (Phi) is 16.9. The lowest BCUT2D eigenvalue weighted by Crippen LogP contribution is -2.37. The molecule has 2 saturated heterocycles. The fraction of sp³-hybridized carbons (Fsp3) is 0.710. The van der Waals surface area contributed by atoms with Gasteiger partial charge in [0.15, 0.2) is 0 Å². The van der Waals surface area contributed by atoms with Gasteiger partial charge in [-0.15, -0.1) is 0 Å². The van der Waals surface area contributed by atoms with Gasteiger partial charge in [-0.3, -0.25) is 14.4 Å². The topological polar surface area (TPSA) is 78.9 Å². The molecule has 1 aromatic carbocycles. The Morgan fingerprint density at radius 2 is 1.17 bits per heavy atom. The Morgan fingerprint density at radius 3 is 1.61 bits per heavy atom. The molecule has 0 aromatic heterocycles. The molecule has 1 aromatic rings. The van der Waals surface area contributed by atoms with Crippen molar-refractivity contribution in [3.8, 4) is 0 Å². The summed E-state index contributed by atoms with van der Waals surface area (Å²) in [6.45, 7) is 1.96. The van der Waals surface area contributed by atoms with E-state index in [0.717, 1.165) is 44.9 Å². The second-order valence-electron chi connectivity index (χ2n) is 11.3. The maximum atomic E-state index is 12.5. The van der Waals surface area contributed by atoms with Crippen molar-refractivity contribution in [1.82, 2.24) is 0 Å². The van der Waals surface area contributed by atoms with Gasteiger partial charge in [0.05, 0.1) is 5.41 Å². The predicted molar refractivity (Wildman–Crippen MR) is 174 cm³/mol. The maximum absolute atomic E-state index is 12.5. The lowest BCUT2D eigenvalue weighted by molar-refractivity contribution is -0.160. The second-order valence-corrected chi connectivity index (χ2v) is 16.9. The minimum absolute atomic E-state index is 0.0326. The van der Waals surface area contributed by atoms with E-state index in [4.69, 9.17) is 14.2 Å². The summed E-state index contributed by atoms with van der Waals surface area (Å²) in [5, 5.41) is 1.41. The zero-order chi connectivity index (χ0) is 29.2. The quantitative estimate of drug-likeness (QED) is 0.0603. The van der Waals surface area contributed by atoms with Gasteiger partial charge in [-0.25, -0.2) is 0 Å². The number of carbonyl (C=O) groups is 3. The van der Waals surface area contributed by atoms with Crippen LogP contribution in [0.25, 0.3) is 0 Å². The maximum Gasteiger partial charge on any atom is 0.305 e. The Balaban J connectivity index is 1.38. The summed E-state index contributed by atoms with van der Waals surface area (Å²) in [5.74, 6) is 1.63. The Hall–Kier alpha value is -0.970. The van der Waals surface area contributed by atoms with Gasteiger partial charge in [0.1, 0.15) is 19.8 Å². The van der Waals surface area contributed by atoms with Crippen LogP contribution in [0.15, 0.2) is 30.3 Å². The summed E-state index contributed by atoms with van der Waals surface area (Å²) in [4.78, 5) is 37.4. The average molecular weight is 643 g/mol. The number of carbonyl (C=O) groups excluding carboxylic acids is 3. The van der Waals surface area contributed by atoms with Crippen LogP contribution < -0.4 is 0 Å². The summed E-state index contributed by atoms with van der Waals surface area (Å²) < 4.78 is 16.8. The van der Waals surface area contributed by atoms with Crippen LogP contribution in [0.3, 0.4) is 0 Å². The van der Waals surface area contributed by atoms with E-state index in [1.54, 1.807) is 0 Å². The molecule has 0 amide bonds. The highest BCUT2D eigenvalue weighted by atomic mass is 33.1. The molecule has 0 aliphatic carbocycles. The number of aryl methyl sites for hydroxylation is 1. The fourth-order valence-electron chi connectivity index (χ4n) is 4.60. The van der Waals surface area contributed by atoms with E-state index in [2.05, 4.69) is 0 Å². The smallest absolute Gasteiger partial charge is 0.305 e. The molecule has 0 radical (unpaired) electrons. The SMILES string of the molecule is CC(COC(=O)CCCCC1CCSS1)(COC(=O)CCCCC1CCSS1)COC(=O)CCCc1ccccc1. The molecule has 2 unspecified atom stereocenters.